The van der Waals surface area contributed by atoms with Crippen molar-refractivity contribution in [3.8, 4) is 17.1 Å². The van der Waals surface area contributed by atoms with E-state index in [-0.39, 0.29) is 11.8 Å². The number of hydrogen-bond donors (Lipinski definition) is 0. The van der Waals surface area contributed by atoms with E-state index in [0.29, 0.717) is 38.9 Å². The molecule has 0 bridgehead atoms. The normalized spacial score (nSPS) is 18.8. The molecule has 1 unspecified atom stereocenters. The summed E-state index contributed by atoms with van der Waals surface area (Å²) >= 11 is 0. The molecule has 0 aliphatic carbocycles. The molecule has 3 heterocycles. The van der Waals surface area contributed by atoms with E-state index in [1.807, 2.05) is 6.07 Å². The van der Waals surface area contributed by atoms with Crippen LogP contribution in [-0.2, 0) is 22.4 Å². The second kappa shape index (κ2) is 8.93. The molecule has 2 aliphatic heterocycles. The number of fused-ring (bicyclic) bond motifs is 3. The topological polar surface area (TPSA) is 62.6 Å². The van der Waals surface area contributed by atoms with Crippen molar-refractivity contribution in [3.63, 3.8) is 0 Å². The number of allylic oxidation sites excluding steroid dienone is 2. The van der Waals surface area contributed by atoms with Crippen molar-refractivity contribution in [2.45, 2.75) is 45.8 Å². The maximum absolute atomic E-state index is 12.6. The van der Waals surface area contributed by atoms with E-state index in [2.05, 4.69) is 43.1 Å². The first-order valence-corrected chi connectivity index (χ1v) is 10.4. The maximum Gasteiger partial charge on any atom is 0.351 e. The van der Waals surface area contributed by atoms with Gasteiger partial charge in [-0.15, -0.1) is 0 Å². The molecule has 4 rings (SSSR count). The summed E-state index contributed by atoms with van der Waals surface area (Å²) in [6, 6.07) is 8.40. The van der Waals surface area contributed by atoms with Crippen molar-refractivity contribution < 1.29 is 14.2 Å². The zero-order chi connectivity index (χ0) is 20.2. The van der Waals surface area contributed by atoms with Gasteiger partial charge in [0.1, 0.15) is 12.7 Å². The molecule has 0 spiro atoms. The van der Waals surface area contributed by atoms with E-state index < -0.39 is 0 Å². The molecule has 6 nitrogen and oxygen atoms in total. The van der Waals surface area contributed by atoms with Crippen LogP contribution in [0.4, 0.5) is 0 Å². The predicted molar refractivity (Wildman–Crippen MR) is 112 cm³/mol. The minimum absolute atomic E-state index is 0.128. The van der Waals surface area contributed by atoms with Gasteiger partial charge >= 0.3 is 5.69 Å². The van der Waals surface area contributed by atoms with Crippen LogP contribution >= 0.6 is 0 Å². The fraction of sp³-hybridized carbons (Fsp3) is 0.478. The molecule has 0 N–H and O–H groups in total. The van der Waals surface area contributed by atoms with Gasteiger partial charge in [-0.05, 0) is 36.5 Å². The molecule has 1 aromatic carbocycles. The summed E-state index contributed by atoms with van der Waals surface area (Å²) in [4.78, 5) is 16.7. The van der Waals surface area contributed by atoms with Crippen LogP contribution in [-0.4, -0.2) is 42.1 Å². The number of aryl methyl sites for hydroxylation is 1. The maximum atomic E-state index is 12.6. The average Bonchev–Trinajstić information content (AvgIpc) is 2.76. The minimum atomic E-state index is -0.270. The molecule has 2 aliphatic rings. The fourth-order valence-electron chi connectivity index (χ4n) is 4.02. The second-order valence-electron chi connectivity index (χ2n) is 7.48. The van der Waals surface area contributed by atoms with Gasteiger partial charge in [-0.2, -0.15) is 4.98 Å². The molecule has 1 saturated heterocycles. The largest absolute Gasteiger partial charge is 0.475 e. The van der Waals surface area contributed by atoms with E-state index >= 15 is 0 Å². The summed E-state index contributed by atoms with van der Waals surface area (Å²) in [7, 11) is 0. The summed E-state index contributed by atoms with van der Waals surface area (Å²) < 4.78 is 18.5. The lowest BCUT2D eigenvalue weighted by atomic mass is 9.92. The number of rotatable bonds is 6. The quantitative estimate of drug-likeness (QED) is 0.748. The highest BCUT2D eigenvalue weighted by Gasteiger charge is 2.21. The number of nitrogens with zero attached hydrogens (tertiary/aromatic N) is 2. The Hall–Kier alpha value is -2.44. The van der Waals surface area contributed by atoms with Gasteiger partial charge in [0.2, 0.25) is 5.88 Å². The van der Waals surface area contributed by atoms with Gasteiger partial charge in [0.15, 0.2) is 0 Å². The first-order chi connectivity index (χ1) is 14.2. The zero-order valence-electron chi connectivity index (χ0n) is 17.1. The van der Waals surface area contributed by atoms with Crippen LogP contribution in [0.15, 0.2) is 35.1 Å². The molecule has 1 aromatic heterocycles. The van der Waals surface area contributed by atoms with E-state index in [4.69, 9.17) is 14.2 Å². The Morgan fingerprint density at radius 2 is 2.24 bits per heavy atom. The molecule has 1 fully saturated rings. The monoisotopic (exact) mass is 396 g/mol. The smallest absolute Gasteiger partial charge is 0.351 e. The van der Waals surface area contributed by atoms with Crippen molar-refractivity contribution in [3.05, 3.63) is 52.0 Å². The molecular formula is C23H28N2O4. The summed E-state index contributed by atoms with van der Waals surface area (Å²) in [5.41, 5.74) is 5.57. The van der Waals surface area contributed by atoms with E-state index in [9.17, 15) is 4.79 Å². The SMILES string of the molecule is C/C=C(\CCC)c1ccc2c(c1)CCn1c-2cc(OCC2COCCO2)nc1=O. The van der Waals surface area contributed by atoms with Crippen molar-refractivity contribution >= 4 is 5.57 Å². The number of ether oxygens (including phenoxy) is 3. The summed E-state index contributed by atoms with van der Waals surface area (Å²) in [5.74, 6) is 0.340. The Labute approximate surface area is 171 Å². The Bertz CT molecular complexity index is 958. The summed E-state index contributed by atoms with van der Waals surface area (Å²) in [6.45, 7) is 6.93. The van der Waals surface area contributed by atoms with Crippen LogP contribution in [0, 0.1) is 0 Å². The van der Waals surface area contributed by atoms with E-state index in [1.165, 1.54) is 16.7 Å². The van der Waals surface area contributed by atoms with Gasteiger partial charge in [0.05, 0.1) is 25.5 Å². The molecule has 154 valence electrons. The highest BCUT2D eigenvalue weighted by atomic mass is 16.6. The fourth-order valence-corrected chi connectivity index (χ4v) is 4.02. The van der Waals surface area contributed by atoms with Gasteiger partial charge in [0, 0.05) is 18.2 Å². The lowest BCUT2D eigenvalue weighted by Gasteiger charge is -2.24. The van der Waals surface area contributed by atoms with Crippen LogP contribution < -0.4 is 10.4 Å². The van der Waals surface area contributed by atoms with Crippen molar-refractivity contribution in [2.24, 2.45) is 0 Å². The number of aromatic nitrogens is 2. The van der Waals surface area contributed by atoms with E-state index in [1.54, 1.807) is 4.57 Å². The van der Waals surface area contributed by atoms with Crippen LogP contribution in [0.3, 0.4) is 0 Å². The third-order valence-corrected chi connectivity index (χ3v) is 5.51. The van der Waals surface area contributed by atoms with Crippen LogP contribution in [0.5, 0.6) is 5.88 Å². The third kappa shape index (κ3) is 4.28. The van der Waals surface area contributed by atoms with Gasteiger partial charge in [-0.1, -0.05) is 37.6 Å². The van der Waals surface area contributed by atoms with Gasteiger partial charge in [-0.25, -0.2) is 4.79 Å². The van der Waals surface area contributed by atoms with Gasteiger partial charge in [-0.3, -0.25) is 4.57 Å². The highest BCUT2D eigenvalue weighted by Crippen LogP contribution is 2.32. The lowest BCUT2D eigenvalue weighted by molar-refractivity contribution is -0.102. The lowest BCUT2D eigenvalue weighted by Crippen LogP contribution is -2.34. The van der Waals surface area contributed by atoms with Crippen molar-refractivity contribution in [1.82, 2.24) is 9.55 Å². The molecule has 6 heteroatoms. The average molecular weight is 396 g/mol. The van der Waals surface area contributed by atoms with Crippen LogP contribution in [0.25, 0.3) is 16.8 Å². The molecule has 2 aromatic rings. The molecule has 29 heavy (non-hydrogen) atoms. The molecule has 0 amide bonds. The first kappa shape index (κ1) is 19.9. The standard InChI is InChI=1S/C23H28N2O4/c1-3-5-16(4-2)17-6-7-20-18(12-17)8-9-25-21(20)13-22(24-23(25)26)29-15-19-14-27-10-11-28-19/h4,6-7,12-13,19H,3,5,8-11,14-15H2,1-2H3/b16-4+. The summed E-state index contributed by atoms with van der Waals surface area (Å²) in [5, 5.41) is 0. The minimum Gasteiger partial charge on any atom is -0.475 e. The third-order valence-electron chi connectivity index (χ3n) is 5.51. The summed E-state index contributed by atoms with van der Waals surface area (Å²) in [6.07, 6.45) is 5.09. The Morgan fingerprint density at radius 3 is 3.00 bits per heavy atom. The first-order valence-electron chi connectivity index (χ1n) is 10.4. The van der Waals surface area contributed by atoms with Crippen LogP contribution in [0.1, 0.15) is 37.8 Å². The number of hydrogen-bond acceptors (Lipinski definition) is 5. The van der Waals surface area contributed by atoms with Crippen molar-refractivity contribution in [2.75, 3.05) is 26.4 Å². The molecule has 0 radical (unpaired) electrons. The Kier molecular flexibility index (Phi) is 6.11. The molecule has 1 atom stereocenters. The predicted octanol–water partition coefficient (Wildman–Crippen LogP) is 3.46. The second-order valence-corrected chi connectivity index (χ2v) is 7.48. The Balaban J connectivity index is 1.61. The van der Waals surface area contributed by atoms with Gasteiger partial charge in [0.25, 0.3) is 0 Å². The Morgan fingerprint density at radius 1 is 1.34 bits per heavy atom. The van der Waals surface area contributed by atoms with Crippen molar-refractivity contribution in [1.29, 1.82) is 0 Å². The van der Waals surface area contributed by atoms with Crippen LogP contribution in [0.2, 0.25) is 0 Å². The molecular weight excluding hydrogens is 368 g/mol. The zero-order valence-corrected chi connectivity index (χ0v) is 17.1. The van der Waals surface area contributed by atoms with E-state index in [0.717, 1.165) is 30.5 Å². The number of benzene rings is 1. The highest BCUT2D eigenvalue weighted by molar-refractivity contribution is 5.73. The van der Waals surface area contributed by atoms with Gasteiger partial charge < -0.3 is 14.2 Å². The molecule has 0 saturated carbocycles.